The summed E-state index contributed by atoms with van der Waals surface area (Å²) >= 11 is 7.92. The molecule has 0 aliphatic carbocycles. The Morgan fingerprint density at radius 3 is 2.70 bits per heavy atom. The highest BCUT2D eigenvalue weighted by Gasteiger charge is 2.10. The molecule has 2 aromatic rings. The SMILES string of the molecule is CCCc1nc(Cl)c(C)c(SCc2cccc(C)c2)n1. The normalized spacial score (nSPS) is 10.8. The van der Waals surface area contributed by atoms with Gasteiger partial charge in [0.15, 0.2) is 0 Å². The standard InChI is InChI=1S/C16H19ClN2S/c1-4-6-14-18-15(17)12(3)16(19-14)20-10-13-8-5-7-11(2)9-13/h5,7-9H,4,6,10H2,1-3H3. The van der Waals surface area contributed by atoms with Crippen molar-refractivity contribution in [2.45, 2.75) is 44.4 Å². The first-order chi connectivity index (χ1) is 9.60. The molecule has 0 aliphatic rings. The Balaban J connectivity index is 2.16. The second kappa shape index (κ2) is 7.09. The molecule has 0 unspecified atom stereocenters. The zero-order valence-corrected chi connectivity index (χ0v) is 13.7. The third-order valence-electron chi connectivity index (χ3n) is 3.02. The number of rotatable bonds is 5. The predicted octanol–water partition coefficient (Wildman–Crippen LogP) is 4.99. The molecule has 1 heterocycles. The van der Waals surface area contributed by atoms with Crippen LogP contribution in [0.2, 0.25) is 5.15 Å². The minimum absolute atomic E-state index is 0.579. The number of benzene rings is 1. The number of nitrogens with zero attached hydrogens (tertiary/aromatic N) is 2. The Labute approximate surface area is 130 Å². The van der Waals surface area contributed by atoms with Crippen LogP contribution in [-0.2, 0) is 12.2 Å². The maximum atomic E-state index is 6.20. The van der Waals surface area contributed by atoms with Gasteiger partial charge < -0.3 is 0 Å². The quantitative estimate of drug-likeness (QED) is 0.575. The van der Waals surface area contributed by atoms with Crippen molar-refractivity contribution < 1.29 is 0 Å². The molecule has 0 radical (unpaired) electrons. The fraction of sp³-hybridized carbons (Fsp3) is 0.375. The molecule has 20 heavy (non-hydrogen) atoms. The Hall–Kier alpha value is -1.06. The van der Waals surface area contributed by atoms with E-state index < -0.39 is 0 Å². The van der Waals surface area contributed by atoms with Crippen LogP contribution in [0, 0.1) is 13.8 Å². The summed E-state index contributed by atoms with van der Waals surface area (Å²) < 4.78 is 0. The molecule has 0 amide bonds. The first-order valence-electron chi connectivity index (χ1n) is 6.81. The summed E-state index contributed by atoms with van der Waals surface area (Å²) in [6.45, 7) is 6.22. The fourth-order valence-electron chi connectivity index (χ4n) is 1.94. The topological polar surface area (TPSA) is 25.8 Å². The molecule has 0 bridgehead atoms. The third-order valence-corrected chi connectivity index (χ3v) is 4.54. The van der Waals surface area contributed by atoms with Crippen LogP contribution in [0.1, 0.15) is 35.9 Å². The van der Waals surface area contributed by atoms with Crippen LogP contribution in [0.4, 0.5) is 0 Å². The molecular formula is C16H19ClN2S. The first-order valence-corrected chi connectivity index (χ1v) is 8.18. The molecule has 2 nitrogen and oxygen atoms in total. The van der Waals surface area contributed by atoms with E-state index in [9.17, 15) is 0 Å². The molecular weight excluding hydrogens is 288 g/mol. The van der Waals surface area contributed by atoms with Crippen LogP contribution in [0.5, 0.6) is 0 Å². The fourth-order valence-corrected chi connectivity index (χ4v) is 3.15. The van der Waals surface area contributed by atoms with E-state index in [2.05, 4.69) is 48.1 Å². The highest BCUT2D eigenvalue weighted by molar-refractivity contribution is 7.98. The highest BCUT2D eigenvalue weighted by Crippen LogP contribution is 2.28. The van der Waals surface area contributed by atoms with Gasteiger partial charge in [0.25, 0.3) is 0 Å². The summed E-state index contributed by atoms with van der Waals surface area (Å²) in [6, 6.07) is 8.55. The predicted molar refractivity (Wildman–Crippen MR) is 86.5 cm³/mol. The smallest absolute Gasteiger partial charge is 0.136 e. The lowest BCUT2D eigenvalue weighted by molar-refractivity contribution is 0.801. The van der Waals surface area contributed by atoms with Crippen LogP contribution >= 0.6 is 23.4 Å². The van der Waals surface area contributed by atoms with Crippen LogP contribution in [0.25, 0.3) is 0 Å². The van der Waals surface area contributed by atoms with Crippen molar-refractivity contribution in [3.05, 3.63) is 51.9 Å². The summed E-state index contributed by atoms with van der Waals surface area (Å²) in [5, 5.41) is 1.57. The van der Waals surface area contributed by atoms with Gasteiger partial charge in [-0.2, -0.15) is 0 Å². The Morgan fingerprint density at radius 2 is 2.00 bits per heavy atom. The van der Waals surface area contributed by atoms with Crippen molar-refractivity contribution in [1.29, 1.82) is 0 Å². The molecule has 0 saturated carbocycles. The number of thioether (sulfide) groups is 1. The lowest BCUT2D eigenvalue weighted by atomic mass is 10.2. The van der Waals surface area contributed by atoms with E-state index in [1.165, 1.54) is 11.1 Å². The average Bonchev–Trinajstić information content (AvgIpc) is 2.41. The second-order valence-corrected chi connectivity index (χ2v) is 6.21. The van der Waals surface area contributed by atoms with Gasteiger partial charge in [0.2, 0.25) is 0 Å². The van der Waals surface area contributed by atoms with E-state index in [-0.39, 0.29) is 0 Å². The number of hydrogen-bond acceptors (Lipinski definition) is 3. The van der Waals surface area contributed by atoms with E-state index >= 15 is 0 Å². The van der Waals surface area contributed by atoms with Gasteiger partial charge in [-0.25, -0.2) is 9.97 Å². The maximum absolute atomic E-state index is 6.20. The Kier molecular flexibility index (Phi) is 5.44. The lowest BCUT2D eigenvalue weighted by Gasteiger charge is -2.09. The first kappa shape index (κ1) is 15.3. The number of hydrogen-bond donors (Lipinski definition) is 0. The molecule has 2 rings (SSSR count). The molecule has 1 aromatic carbocycles. The van der Waals surface area contributed by atoms with Gasteiger partial charge in [-0.3, -0.25) is 0 Å². The summed E-state index contributed by atoms with van der Waals surface area (Å²) in [6.07, 6.45) is 1.90. The molecule has 0 atom stereocenters. The molecule has 0 saturated heterocycles. The van der Waals surface area contributed by atoms with Gasteiger partial charge >= 0.3 is 0 Å². The van der Waals surface area contributed by atoms with E-state index in [1.54, 1.807) is 11.8 Å². The van der Waals surface area contributed by atoms with Crippen LogP contribution < -0.4 is 0 Å². The van der Waals surface area contributed by atoms with Gasteiger partial charge in [0, 0.05) is 17.7 Å². The highest BCUT2D eigenvalue weighted by atomic mass is 35.5. The maximum Gasteiger partial charge on any atom is 0.136 e. The van der Waals surface area contributed by atoms with Crippen LogP contribution in [0.3, 0.4) is 0 Å². The van der Waals surface area contributed by atoms with Gasteiger partial charge in [-0.1, -0.05) is 48.4 Å². The summed E-state index contributed by atoms with van der Waals surface area (Å²) in [4.78, 5) is 8.96. The molecule has 0 fully saturated rings. The summed E-state index contributed by atoms with van der Waals surface area (Å²) in [7, 11) is 0. The summed E-state index contributed by atoms with van der Waals surface area (Å²) in [5.41, 5.74) is 3.57. The lowest BCUT2D eigenvalue weighted by Crippen LogP contribution is -2.00. The number of aryl methyl sites for hydroxylation is 2. The van der Waals surface area contributed by atoms with Crippen molar-refractivity contribution in [1.82, 2.24) is 9.97 Å². The van der Waals surface area contributed by atoms with Crippen molar-refractivity contribution in [2.75, 3.05) is 0 Å². The second-order valence-electron chi connectivity index (χ2n) is 4.89. The van der Waals surface area contributed by atoms with Crippen LogP contribution in [-0.4, -0.2) is 9.97 Å². The van der Waals surface area contributed by atoms with Crippen LogP contribution in [0.15, 0.2) is 29.3 Å². The minimum Gasteiger partial charge on any atom is -0.226 e. The molecule has 0 N–H and O–H groups in total. The minimum atomic E-state index is 0.579. The van der Waals surface area contributed by atoms with E-state index in [4.69, 9.17) is 11.6 Å². The average molecular weight is 307 g/mol. The van der Waals surface area contributed by atoms with Gasteiger partial charge in [0.1, 0.15) is 16.0 Å². The molecule has 4 heteroatoms. The zero-order valence-electron chi connectivity index (χ0n) is 12.1. The van der Waals surface area contributed by atoms with E-state index in [1.807, 2.05) is 6.92 Å². The van der Waals surface area contributed by atoms with E-state index in [0.717, 1.165) is 35.0 Å². The number of halogens is 1. The van der Waals surface area contributed by atoms with Crippen molar-refractivity contribution in [3.63, 3.8) is 0 Å². The Bertz CT molecular complexity index is 599. The number of aromatic nitrogens is 2. The Morgan fingerprint density at radius 1 is 1.20 bits per heavy atom. The van der Waals surface area contributed by atoms with E-state index in [0.29, 0.717) is 5.15 Å². The van der Waals surface area contributed by atoms with Gasteiger partial charge in [0.05, 0.1) is 0 Å². The van der Waals surface area contributed by atoms with Gasteiger partial charge in [-0.05, 0) is 25.8 Å². The molecule has 106 valence electrons. The van der Waals surface area contributed by atoms with Gasteiger partial charge in [-0.15, -0.1) is 11.8 Å². The molecule has 1 aromatic heterocycles. The summed E-state index contributed by atoms with van der Waals surface area (Å²) in [5.74, 6) is 1.75. The molecule has 0 spiro atoms. The third kappa shape index (κ3) is 3.97. The van der Waals surface area contributed by atoms with Crippen molar-refractivity contribution in [2.24, 2.45) is 0 Å². The van der Waals surface area contributed by atoms with Crippen molar-refractivity contribution in [3.8, 4) is 0 Å². The largest absolute Gasteiger partial charge is 0.226 e. The molecule has 0 aliphatic heterocycles. The van der Waals surface area contributed by atoms with Crippen molar-refractivity contribution >= 4 is 23.4 Å². The monoisotopic (exact) mass is 306 g/mol. The zero-order chi connectivity index (χ0) is 14.5.